The Kier molecular flexibility index (Phi) is 4.35. The molecule has 26 heavy (non-hydrogen) atoms. The number of halogens is 1. The Balaban J connectivity index is 1.49. The maximum Gasteiger partial charge on any atom is 0.243 e. The number of rotatable bonds is 3. The standard InChI is InChI=1S/C18H17ClN4O2S/c19-17-6-13(7-20)8-21-18(17)22-9-14-11-23(12-15(14)10-22)26(24,25)16-4-2-1-3-5-16/h1-6,8,14-15H,9-12H2. The fraction of sp³-hybridized carbons (Fsp3) is 0.333. The minimum Gasteiger partial charge on any atom is -0.355 e. The van der Waals surface area contributed by atoms with E-state index in [2.05, 4.69) is 9.88 Å². The predicted octanol–water partition coefficient (Wildman–Crippen LogP) is 2.36. The van der Waals surface area contributed by atoms with Crippen LogP contribution in [0.2, 0.25) is 5.02 Å². The van der Waals surface area contributed by atoms with Crippen LogP contribution in [-0.2, 0) is 10.0 Å². The van der Waals surface area contributed by atoms with Crippen LogP contribution in [0.15, 0.2) is 47.5 Å². The SMILES string of the molecule is N#Cc1cnc(N2CC3CN(S(=O)(=O)c4ccccc4)CC3C2)c(Cl)c1. The van der Waals surface area contributed by atoms with Gasteiger partial charge in [-0.3, -0.25) is 0 Å². The largest absolute Gasteiger partial charge is 0.355 e. The first-order chi connectivity index (χ1) is 12.5. The molecule has 1 aromatic heterocycles. The summed E-state index contributed by atoms with van der Waals surface area (Å²) < 4.78 is 27.2. The summed E-state index contributed by atoms with van der Waals surface area (Å²) in [7, 11) is -3.44. The molecule has 2 atom stereocenters. The lowest BCUT2D eigenvalue weighted by molar-refractivity contribution is 0.453. The summed E-state index contributed by atoms with van der Waals surface area (Å²) in [6.45, 7) is 2.44. The fourth-order valence-corrected chi connectivity index (χ4v) is 5.65. The topological polar surface area (TPSA) is 77.3 Å². The van der Waals surface area contributed by atoms with Gasteiger partial charge in [0.15, 0.2) is 0 Å². The molecule has 2 aromatic rings. The number of aromatic nitrogens is 1. The molecule has 0 saturated carbocycles. The Morgan fingerprint density at radius 1 is 1.12 bits per heavy atom. The molecule has 8 heteroatoms. The molecule has 3 heterocycles. The summed E-state index contributed by atoms with van der Waals surface area (Å²) in [6, 6.07) is 12.2. The number of fused-ring (bicyclic) bond motifs is 1. The van der Waals surface area contributed by atoms with Crippen LogP contribution in [0.1, 0.15) is 5.56 Å². The Morgan fingerprint density at radius 2 is 1.77 bits per heavy atom. The zero-order chi connectivity index (χ0) is 18.3. The van der Waals surface area contributed by atoms with Crippen molar-refractivity contribution in [3.63, 3.8) is 0 Å². The zero-order valence-electron chi connectivity index (χ0n) is 13.9. The van der Waals surface area contributed by atoms with Crippen LogP contribution in [0.25, 0.3) is 0 Å². The Bertz CT molecular complexity index is 960. The second-order valence-corrected chi connectivity index (χ2v) is 9.05. The van der Waals surface area contributed by atoms with Gasteiger partial charge >= 0.3 is 0 Å². The number of sulfonamides is 1. The van der Waals surface area contributed by atoms with Crippen LogP contribution in [0.5, 0.6) is 0 Å². The summed E-state index contributed by atoms with van der Waals surface area (Å²) in [5.74, 6) is 1.17. The fourth-order valence-electron chi connectivity index (χ4n) is 3.79. The molecular weight excluding hydrogens is 372 g/mol. The Hall–Kier alpha value is -2.14. The third kappa shape index (κ3) is 2.94. The summed E-state index contributed by atoms with van der Waals surface area (Å²) in [5.41, 5.74) is 0.429. The van der Waals surface area contributed by atoms with E-state index in [1.54, 1.807) is 34.6 Å². The lowest BCUT2D eigenvalue weighted by Crippen LogP contribution is -2.33. The van der Waals surface area contributed by atoms with Crippen molar-refractivity contribution in [3.8, 4) is 6.07 Å². The zero-order valence-corrected chi connectivity index (χ0v) is 15.5. The van der Waals surface area contributed by atoms with Crippen LogP contribution in [-0.4, -0.2) is 43.9 Å². The van der Waals surface area contributed by atoms with Gasteiger partial charge in [-0.2, -0.15) is 9.57 Å². The van der Waals surface area contributed by atoms with Gasteiger partial charge in [-0.1, -0.05) is 29.8 Å². The molecule has 4 rings (SSSR count). The van der Waals surface area contributed by atoms with Gasteiger partial charge in [0.05, 0.1) is 15.5 Å². The van der Waals surface area contributed by atoms with Gasteiger partial charge in [0.25, 0.3) is 0 Å². The number of pyridine rings is 1. The van der Waals surface area contributed by atoms with Crippen LogP contribution in [0.3, 0.4) is 0 Å². The van der Waals surface area contributed by atoms with Gasteiger partial charge in [-0.15, -0.1) is 0 Å². The molecular formula is C18H17ClN4O2S. The minimum atomic E-state index is -3.44. The van der Waals surface area contributed by atoms with E-state index < -0.39 is 10.0 Å². The number of nitrogens with zero attached hydrogens (tertiary/aromatic N) is 4. The molecule has 1 aromatic carbocycles. The van der Waals surface area contributed by atoms with E-state index in [0.717, 1.165) is 0 Å². The molecule has 0 spiro atoms. The molecule has 2 saturated heterocycles. The highest BCUT2D eigenvalue weighted by Crippen LogP contribution is 2.37. The minimum absolute atomic E-state index is 0.252. The highest BCUT2D eigenvalue weighted by atomic mass is 35.5. The lowest BCUT2D eigenvalue weighted by atomic mass is 10.0. The number of anilines is 1. The van der Waals surface area contributed by atoms with E-state index in [4.69, 9.17) is 16.9 Å². The molecule has 2 aliphatic heterocycles. The second kappa shape index (κ2) is 6.54. The number of hydrogen-bond acceptors (Lipinski definition) is 5. The third-order valence-corrected chi connectivity index (χ3v) is 7.21. The van der Waals surface area contributed by atoms with Crippen molar-refractivity contribution in [3.05, 3.63) is 53.2 Å². The van der Waals surface area contributed by atoms with E-state index in [0.29, 0.717) is 47.5 Å². The Labute approximate surface area is 157 Å². The van der Waals surface area contributed by atoms with E-state index in [-0.39, 0.29) is 11.8 Å². The van der Waals surface area contributed by atoms with Crippen molar-refractivity contribution in [1.82, 2.24) is 9.29 Å². The normalized spacial score (nSPS) is 23.0. The van der Waals surface area contributed by atoms with Gasteiger partial charge in [0.2, 0.25) is 10.0 Å². The smallest absolute Gasteiger partial charge is 0.243 e. The monoisotopic (exact) mass is 388 g/mol. The summed E-state index contributed by atoms with van der Waals surface area (Å²) >= 11 is 6.26. The molecule has 6 nitrogen and oxygen atoms in total. The maximum atomic E-state index is 12.8. The van der Waals surface area contributed by atoms with Crippen molar-refractivity contribution in [2.45, 2.75) is 4.90 Å². The average molecular weight is 389 g/mol. The van der Waals surface area contributed by atoms with Gasteiger partial charge in [0.1, 0.15) is 11.9 Å². The number of nitriles is 1. The van der Waals surface area contributed by atoms with Gasteiger partial charge in [-0.05, 0) is 30.0 Å². The van der Waals surface area contributed by atoms with Crippen molar-refractivity contribution < 1.29 is 8.42 Å². The maximum absolute atomic E-state index is 12.8. The summed E-state index contributed by atoms with van der Waals surface area (Å²) in [6.07, 6.45) is 1.52. The van der Waals surface area contributed by atoms with Crippen LogP contribution in [0, 0.1) is 23.2 Å². The molecule has 0 N–H and O–H groups in total. The lowest BCUT2D eigenvalue weighted by Gasteiger charge is -2.23. The van der Waals surface area contributed by atoms with Gasteiger partial charge in [0, 0.05) is 32.4 Å². The van der Waals surface area contributed by atoms with Crippen LogP contribution in [0.4, 0.5) is 5.82 Å². The molecule has 0 bridgehead atoms. The molecule has 2 aliphatic rings. The summed E-state index contributed by atoms with van der Waals surface area (Å²) in [5, 5.41) is 9.38. The first-order valence-corrected chi connectivity index (χ1v) is 10.2. The van der Waals surface area contributed by atoms with Crippen LogP contribution >= 0.6 is 11.6 Å². The van der Waals surface area contributed by atoms with Crippen molar-refractivity contribution >= 4 is 27.4 Å². The molecule has 2 unspecified atom stereocenters. The van der Waals surface area contributed by atoms with E-state index in [9.17, 15) is 8.42 Å². The van der Waals surface area contributed by atoms with Crippen molar-refractivity contribution in [1.29, 1.82) is 5.26 Å². The number of benzene rings is 1. The quantitative estimate of drug-likeness (QED) is 0.806. The first kappa shape index (κ1) is 17.3. The van der Waals surface area contributed by atoms with Gasteiger partial charge < -0.3 is 4.90 Å². The molecule has 134 valence electrons. The van der Waals surface area contributed by atoms with E-state index >= 15 is 0 Å². The van der Waals surface area contributed by atoms with E-state index in [1.807, 2.05) is 12.1 Å². The average Bonchev–Trinajstić information content (AvgIpc) is 3.21. The number of hydrogen-bond donors (Lipinski definition) is 0. The molecule has 0 radical (unpaired) electrons. The molecule has 2 fully saturated rings. The van der Waals surface area contributed by atoms with Crippen LogP contribution < -0.4 is 4.90 Å². The Morgan fingerprint density at radius 3 is 2.35 bits per heavy atom. The molecule has 0 aliphatic carbocycles. The van der Waals surface area contributed by atoms with Crippen molar-refractivity contribution in [2.75, 3.05) is 31.1 Å². The third-order valence-electron chi connectivity index (χ3n) is 5.08. The summed E-state index contributed by atoms with van der Waals surface area (Å²) in [4.78, 5) is 6.74. The highest BCUT2D eigenvalue weighted by molar-refractivity contribution is 7.89. The van der Waals surface area contributed by atoms with Gasteiger partial charge in [-0.25, -0.2) is 13.4 Å². The van der Waals surface area contributed by atoms with Crippen molar-refractivity contribution in [2.24, 2.45) is 11.8 Å². The molecule has 0 amide bonds. The predicted molar refractivity (Wildman–Crippen MR) is 98.4 cm³/mol. The second-order valence-electron chi connectivity index (χ2n) is 6.70. The highest BCUT2D eigenvalue weighted by Gasteiger charge is 2.44. The first-order valence-electron chi connectivity index (χ1n) is 8.35. The van der Waals surface area contributed by atoms with E-state index in [1.165, 1.54) is 6.20 Å².